The maximum atomic E-state index is 12.4. The largest absolute Gasteiger partial charge is 0.416 e. The van der Waals surface area contributed by atoms with Crippen molar-refractivity contribution < 1.29 is 18.0 Å². The zero-order chi connectivity index (χ0) is 13.1. The monoisotopic (exact) mass is 240 g/mol. The fourth-order valence-corrected chi connectivity index (χ4v) is 1.15. The number of alkyl halides is 3. The Balaban J connectivity index is 3.26. The van der Waals surface area contributed by atoms with Gasteiger partial charge < -0.3 is 5.73 Å². The van der Waals surface area contributed by atoms with Crippen molar-refractivity contribution in [2.24, 2.45) is 5.73 Å². The summed E-state index contributed by atoms with van der Waals surface area (Å²) in [6.07, 6.45) is -2.52. The fourth-order valence-electron chi connectivity index (χ4n) is 1.15. The Kier molecular flexibility index (Phi) is 3.53. The number of nitrogens with two attached hydrogens (primary N) is 1. The van der Waals surface area contributed by atoms with Crippen molar-refractivity contribution in [2.45, 2.75) is 6.18 Å². The molecular formula is C11H7F3N2O. The molecule has 88 valence electrons. The SMILES string of the molecule is N#Cc1ccc(C(F)(F)F)cc1C=CC(N)=O. The summed E-state index contributed by atoms with van der Waals surface area (Å²) < 4.78 is 37.2. The minimum Gasteiger partial charge on any atom is -0.366 e. The van der Waals surface area contributed by atoms with E-state index in [1.165, 1.54) is 0 Å². The summed E-state index contributed by atoms with van der Waals surface area (Å²) in [5.74, 6) is -0.800. The van der Waals surface area contributed by atoms with Crippen molar-refractivity contribution >= 4 is 12.0 Å². The van der Waals surface area contributed by atoms with Gasteiger partial charge in [0.25, 0.3) is 0 Å². The number of primary amides is 1. The highest BCUT2D eigenvalue weighted by Gasteiger charge is 2.30. The molecule has 0 saturated heterocycles. The highest BCUT2D eigenvalue weighted by Crippen LogP contribution is 2.30. The van der Waals surface area contributed by atoms with Gasteiger partial charge in [-0.25, -0.2) is 0 Å². The van der Waals surface area contributed by atoms with Crippen LogP contribution in [0.2, 0.25) is 0 Å². The molecule has 6 heteroatoms. The summed E-state index contributed by atoms with van der Waals surface area (Å²) >= 11 is 0. The number of hydrogen-bond donors (Lipinski definition) is 1. The van der Waals surface area contributed by atoms with Crippen LogP contribution in [-0.4, -0.2) is 5.91 Å². The van der Waals surface area contributed by atoms with Crippen LogP contribution in [0, 0.1) is 11.3 Å². The first-order valence-corrected chi connectivity index (χ1v) is 4.43. The summed E-state index contributed by atoms with van der Waals surface area (Å²) in [5, 5.41) is 8.70. The molecule has 0 fully saturated rings. The lowest BCUT2D eigenvalue weighted by Gasteiger charge is -2.07. The summed E-state index contributed by atoms with van der Waals surface area (Å²) in [5.41, 5.74) is 3.98. The van der Waals surface area contributed by atoms with Crippen LogP contribution in [0.4, 0.5) is 13.2 Å². The molecule has 0 aliphatic rings. The van der Waals surface area contributed by atoms with Crippen molar-refractivity contribution in [3.63, 3.8) is 0 Å². The Hall–Kier alpha value is -2.29. The molecule has 0 aliphatic heterocycles. The molecule has 2 N–H and O–H groups in total. The van der Waals surface area contributed by atoms with Crippen LogP contribution < -0.4 is 5.73 Å². The number of halogens is 3. The third kappa shape index (κ3) is 3.34. The molecule has 0 heterocycles. The molecule has 0 atom stereocenters. The lowest BCUT2D eigenvalue weighted by Crippen LogP contribution is -2.06. The van der Waals surface area contributed by atoms with E-state index in [1.807, 2.05) is 0 Å². The van der Waals surface area contributed by atoms with E-state index >= 15 is 0 Å². The van der Waals surface area contributed by atoms with Crippen LogP contribution in [-0.2, 0) is 11.0 Å². The summed E-state index contributed by atoms with van der Waals surface area (Å²) in [6.45, 7) is 0. The van der Waals surface area contributed by atoms with Crippen molar-refractivity contribution in [3.05, 3.63) is 41.0 Å². The van der Waals surface area contributed by atoms with E-state index < -0.39 is 17.6 Å². The Labute approximate surface area is 95.0 Å². The summed E-state index contributed by atoms with van der Waals surface area (Å²) in [6, 6.07) is 4.37. The van der Waals surface area contributed by atoms with Crippen LogP contribution in [0.3, 0.4) is 0 Å². The molecule has 1 aromatic rings. The first kappa shape index (κ1) is 12.8. The standard InChI is InChI=1S/C11H7F3N2O/c12-11(13,14)9-3-1-8(6-15)7(5-9)2-4-10(16)17/h1-5H,(H2,16,17). The Morgan fingerprint density at radius 3 is 2.53 bits per heavy atom. The molecule has 0 aromatic heterocycles. The van der Waals surface area contributed by atoms with Crippen LogP contribution in [0.1, 0.15) is 16.7 Å². The third-order valence-electron chi connectivity index (χ3n) is 1.93. The van der Waals surface area contributed by atoms with Crippen molar-refractivity contribution in [3.8, 4) is 6.07 Å². The minimum absolute atomic E-state index is 0.00104. The minimum atomic E-state index is -4.50. The maximum absolute atomic E-state index is 12.4. The first-order chi connectivity index (χ1) is 7.84. The predicted octanol–water partition coefficient (Wildman–Crippen LogP) is 2.08. The lowest BCUT2D eigenvalue weighted by atomic mass is 10.0. The molecule has 0 unspecified atom stereocenters. The highest BCUT2D eigenvalue weighted by atomic mass is 19.4. The zero-order valence-corrected chi connectivity index (χ0v) is 8.45. The smallest absolute Gasteiger partial charge is 0.366 e. The van der Waals surface area contributed by atoms with Crippen molar-refractivity contribution in [1.82, 2.24) is 0 Å². The zero-order valence-electron chi connectivity index (χ0n) is 8.45. The number of carbonyl (C=O) groups is 1. The first-order valence-electron chi connectivity index (χ1n) is 4.43. The van der Waals surface area contributed by atoms with Gasteiger partial charge in [-0.2, -0.15) is 18.4 Å². The molecule has 0 saturated carbocycles. The van der Waals surface area contributed by atoms with Gasteiger partial charge in [0, 0.05) is 6.08 Å². The van der Waals surface area contributed by atoms with Gasteiger partial charge in [-0.1, -0.05) is 0 Å². The number of amides is 1. The number of nitrogens with zero attached hydrogens (tertiary/aromatic N) is 1. The molecule has 1 amide bonds. The van der Waals surface area contributed by atoms with E-state index in [0.717, 1.165) is 30.4 Å². The highest BCUT2D eigenvalue weighted by molar-refractivity contribution is 5.90. The van der Waals surface area contributed by atoms with Crippen molar-refractivity contribution in [2.75, 3.05) is 0 Å². The predicted molar refractivity (Wildman–Crippen MR) is 54.4 cm³/mol. The number of rotatable bonds is 2. The molecule has 17 heavy (non-hydrogen) atoms. The second-order valence-electron chi connectivity index (χ2n) is 3.15. The Bertz CT molecular complexity index is 512. The quantitative estimate of drug-likeness (QED) is 0.804. The van der Waals surface area contributed by atoms with Crippen LogP contribution in [0.5, 0.6) is 0 Å². The van der Waals surface area contributed by atoms with E-state index in [4.69, 9.17) is 11.0 Å². The van der Waals surface area contributed by atoms with Crippen LogP contribution >= 0.6 is 0 Å². The number of nitriles is 1. The van der Waals surface area contributed by atoms with Gasteiger partial charge in [0.15, 0.2) is 0 Å². The average molecular weight is 240 g/mol. The molecule has 0 spiro atoms. The Morgan fingerprint density at radius 1 is 1.41 bits per heavy atom. The van der Waals surface area contributed by atoms with Crippen molar-refractivity contribution in [1.29, 1.82) is 5.26 Å². The third-order valence-corrected chi connectivity index (χ3v) is 1.93. The van der Waals surface area contributed by atoms with E-state index in [9.17, 15) is 18.0 Å². The molecular weight excluding hydrogens is 233 g/mol. The number of hydrogen-bond acceptors (Lipinski definition) is 2. The normalized spacial score (nSPS) is 11.4. The number of carbonyl (C=O) groups excluding carboxylic acids is 1. The Morgan fingerprint density at radius 2 is 2.06 bits per heavy atom. The fraction of sp³-hybridized carbons (Fsp3) is 0.0909. The lowest BCUT2D eigenvalue weighted by molar-refractivity contribution is -0.137. The second-order valence-corrected chi connectivity index (χ2v) is 3.15. The van der Waals surface area contributed by atoms with Gasteiger partial charge in [-0.15, -0.1) is 0 Å². The van der Waals surface area contributed by atoms with E-state index in [0.29, 0.717) is 0 Å². The summed E-state index contributed by atoms with van der Waals surface area (Å²) in [7, 11) is 0. The van der Waals surface area contributed by atoms with Gasteiger partial charge in [-0.3, -0.25) is 4.79 Å². The van der Waals surface area contributed by atoms with Gasteiger partial charge >= 0.3 is 6.18 Å². The molecule has 1 rings (SSSR count). The molecule has 1 aromatic carbocycles. The van der Waals surface area contributed by atoms with Gasteiger partial charge in [0.2, 0.25) is 5.91 Å². The van der Waals surface area contributed by atoms with Gasteiger partial charge in [-0.05, 0) is 29.8 Å². The van der Waals surface area contributed by atoms with Crippen LogP contribution in [0.15, 0.2) is 24.3 Å². The van der Waals surface area contributed by atoms with E-state index in [1.54, 1.807) is 6.07 Å². The molecule has 0 bridgehead atoms. The molecule has 3 nitrogen and oxygen atoms in total. The molecule has 0 aliphatic carbocycles. The molecule has 0 radical (unpaired) electrons. The number of benzene rings is 1. The van der Waals surface area contributed by atoms with E-state index in [2.05, 4.69) is 0 Å². The summed E-state index contributed by atoms with van der Waals surface area (Å²) in [4.78, 5) is 10.5. The average Bonchev–Trinajstić information content (AvgIpc) is 2.24. The van der Waals surface area contributed by atoms with Gasteiger partial charge in [0.1, 0.15) is 0 Å². The van der Waals surface area contributed by atoms with E-state index in [-0.39, 0.29) is 11.1 Å². The van der Waals surface area contributed by atoms with Crippen LogP contribution in [0.25, 0.3) is 6.08 Å². The maximum Gasteiger partial charge on any atom is 0.416 e. The second kappa shape index (κ2) is 4.70. The van der Waals surface area contributed by atoms with Gasteiger partial charge in [0.05, 0.1) is 17.2 Å². The topological polar surface area (TPSA) is 66.9 Å².